The van der Waals surface area contributed by atoms with E-state index in [-0.39, 0.29) is 0 Å². The van der Waals surface area contributed by atoms with Crippen LogP contribution < -0.4 is 4.90 Å². The molecular weight excluding hydrogens is 316 g/mol. The second kappa shape index (κ2) is 6.42. The van der Waals surface area contributed by atoms with E-state index in [1.54, 1.807) is 6.33 Å². The molecule has 1 saturated heterocycles. The van der Waals surface area contributed by atoms with E-state index in [2.05, 4.69) is 43.0 Å². The average Bonchev–Trinajstić information content (AvgIpc) is 3.28. The van der Waals surface area contributed by atoms with Crippen molar-refractivity contribution in [2.24, 2.45) is 0 Å². The van der Waals surface area contributed by atoms with Crippen molar-refractivity contribution >= 4 is 11.6 Å². The molecule has 0 unspecified atom stereocenters. The number of aryl methyl sites for hydroxylation is 3. The van der Waals surface area contributed by atoms with Gasteiger partial charge in [0.25, 0.3) is 5.78 Å². The molecule has 0 aliphatic carbocycles. The summed E-state index contributed by atoms with van der Waals surface area (Å²) in [6.07, 6.45) is 5.91. The Balaban J connectivity index is 1.69. The third-order valence-corrected chi connectivity index (χ3v) is 4.81. The highest BCUT2D eigenvalue weighted by atomic mass is 15.4. The minimum atomic E-state index is 0.379. The molecule has 1 fully saturated rings. The smallest absolute Gasteiger partial charge is 0.254 e. The Morgan fingerprint density at radius 3 is 2.88 bits per heavy atom. The van der Waals surface area contributed by atoms with Gasteiger partial charge in [-0.05, 0) is 33.1 Å². The topological polar surface area (TPSA) is 77.0 Å². The highest BCUT2D eigenvalue weighted by Crippen LogP contribution is 2.27. The van der Waals surface area contributed by atoms with E-state index in [1.807, 2.05) is 23.0 Å². The summed E-state index contributed by atoms with van der Waals surface area (Å²) >= 11 is 0. The van der Waals surface area contributed by atoms with Crippen LogP contribution in [0.1, 0.15) is 43.5 Å². The molecule has 8 heteroatoms. The molecule has 0 saturated carbocycles. The summed E-state index contributed by atoms with van der Waals surface area (Å²) in [5.41, 5.74) is 1.08. The summed E-state index contributed by atoms with van der Waals surface area (Å²) in [6.45, 7) is 7.98. The van der Waals surface area contributed by atoms with E-state index < -0.39 is 0 Å². The predicted octanol–water partition coefficient (Wildman–Crippen LogP) is 1.95. The van der Waals surface area contributed by atoms with Crippen LogP contribution in [0.2, 0.25) is 0 Å². The van der Waals surface area contributed by atoms with Crippen LogP contribution in [-0.2, 0) is 13.0 Å². The molecule has 1 atom stereocenters. The van der Waals surface area contributed by atoms with Gasteiger partial charge < -0.3 is 4.90 Å². The standard InChI is InChI=1S/C17H24N8/c1-4-6-14-9-16(25-17(21-14)18-11-19-25)23-8-5-7-15(23)10-24-13(3)20-12(2)22-24/h9,11,15H,4-8,10H2,1-3H3/t15-/m1/s1. The fourth-order valence-electron chi connectivity index (χ4n) is 3.69. The van der Waals surface area contributed by atoms with Gasteiger partial charge in [-0.25, -0.2) is 14.6 Å². The quantitative estimate of drug-likeness (QED) is 0.706. The van der Waals surface area contributed by atoms with Crippen LogP contribution in [0.15, 0.2) is 12.4 Å². The third-order valence-electron chi connectivity index (χ3n) is 4.81. The molecular formula is C17H24N8. The van der Waals surface area contributed by atoms with Crippen LogP contribution in [-0.4, -0.2) is 46.9 Å². The van der Waals surface area contributed by atoms with Gasteiger partial charge in [0, 0.05) is 18.3 Å². The molecule has 0 bridgehead atoms. The first-order valence-electron chi connectivity index (χ1n) is 9.00. The maximum Gasteiger partial charge on any atom is 0.254 e. The normalized spacial score (nSPS) is 17.7. The maximum absolute atomic E-state index is 4.62. The van der Waals surface area contributed by atoms with Gasteiger partial charge in [-0.3, -0.25) is 0 Å². The molecule has 0 amide bonds. The van der Waals surface area contributed by atoms with Gasteiger partial charge in [-0.1, -0.05) is 13.3 Å². The first kappa shape index (κ1) is 16.0. The number of fused-ring (bicyclic) bond motifs is 1. The van der Waals surface area contributed by atoms with Crippen molar-refractivity contribution in [3.8, 4) is 0 Å². The van der Waals surface area contributed by atoms with Gasteiger partial charge in [0.05, 0.1) is 12.6 Å². The average molecular weight is 340 g/mol. The molecule has 25 heavy (non-hydrogen) atoms. The highest BCUT2D eigenvalue weighted by Gasteiger charge is 2.28. The number of nitrogens with zero attached hydrogens (tertiary/aromatic N) is 8. The Labute approximate surface area is 146 Å². The van der Waals surface area contributed by atoms with Gasteiger partial charge in [-0.15, -0.1) is 0 Å². The van der Waals surface area contributed by atoms with Crippen molar-refractivity contribution in [1.82, 2.24) is 34.3 Å². The van der Waals surface area contributed by atoms with Gasteiger partial charge in [0.15, 0.2) is 0 Å². The fourth-order valence-corrected chi connectivity index (χ4v) is 3.69. The second-order valence-corrected chi connectivity index (χ2v) is 6.71. The minimum absolute atomic E-state index is 0.379. The molecule has 4 heterocycles. The van der Waals surface area contributed by atoms with E-state index in [0.29, 0.717) is 11.8 Å². The predicted molar refractivity (Wildman–Crippen MR) is 94.6 cm³/mol. The van der Waals surface area contributed by atoms with Crippen molar-refractivity contribution in [2.75, 3.05) is 11.4 Å². The van der Waals surface area contributed by atoms with Crippen molar-refractivity contribution in [3.63, 3.8) is 0 Å². The minimum Gasteiger partial charge on any atom is -0.352 e. The third kappa shape index (κ3) is 2.96. The summed E-state index contributed by atoms with van der Waals surface area (Å²) in [6, 6.07) is 2.55. The molecule has 1 aliphatic rings. The van der Waals surface area contributed by atoms with Crippen LogP contribution in [0.3, 0.4) is 0 Å². The van der Waals surface area contributed by atoms with Gasteiger partial charge in [0.1, 0.15) is 23.8 Å². The highest BCUT2D eigenvalue weighted by molar-refractivity contribution is 5.49. The molecule has 8 nitrogen and oxygen atoms in total. The largest absolute Gasteiger partial charge is 0.352 e. The number of anilines is 1. The zero-order valence-corrected chi connectivity index (χ0v) is 15.1. The number of aromatic nitrogens is 7. The lowest BCUT2D eigenvalue weighted by Crippen LogP contribution is -2.35. The summed E-state index contributed by atoms with van der Waals surface area (Å²) in [4.78, 5) is 15.8. The zero-order chi connectivity index (χ0) is 17.4. The molecule has 3 aromatic rings. The van der Waals surface area contributed by atoms with Gasteiger partial charge >= 0.3 is 0 Å². The van der Waals surface area contributed by atoms with Crippen LogP contribution >= 0.6 is 0 Å². The van der Waals surface area contributed by atoms with E-state index >= 15 is 0 Å². The molecule has 0 N–H and O–H groups in total. The fraction of sp³-hybridized carbons (Fsp3) is 0.588. The molecule has 3 aromatic heterocycles. The summed E-state index contributed by atoms with van der Waals surface area (Å²) < 4.78 is 3.88. The van der Waals surface area contributed by atoms with E-state index in [1.165, 1.54) is 6.42 Å². The molecule has 0 spiro atoms. The van der Waals surface area contributed by atoms with Crippen molar-refractivity contribution < 1.29 is 0 Å². The Hall–Kier alpha value is -2.51. The monoisotopic (exact) mass is 340 g/mol. The van der Waals surface area contributed by atoms with Crippen LogP contribution in [0.25, 0.3) is 5.78 Å². The Kier molecular flexibility index (Phi) is 4.10. The van der Waals surface area contributed by atoms with E-state index in [0.717, 1.165) is 55.5 Å². The van der Waals surface area contributed by atoms with Crippen molar-refractivity contribution in [1.29, 1.82) is 0 Å². The van der Waals surface area contributed by atoms with Gasteiger partial charge in [-0.2, -0.15) is 19.7 Å². The lowest BCUT2D eigenvalue weighted by molar-refractivity contribution is 0.493. The zero-order valence-electron chi connectivity index (χ0n) is 15.1. The van der Waals surface area contributed by atoms with Gasteiger partial charge in [0.2, 0.25) is 0 Å². The Bertz CT molecular complexity index is 880. The molecule has 0 aromatic carbocycles. The molecule has 4 rings (SSSR count). The first-order chi connectivity index (χ1) is 12.2. The SMILES string of the molecule is CCCc1cc(N2CCC[C@@H]2Cn2nc(C)nc2C)n2ncnc2n1. The van der Waals surface area contributed by atoms with Crippen LogP contribution in [0, 0.1) is 13.8 Å². The summed E-state index contributed by atoms with van der Waals surface area (Å²) in [5, 5.41) is 8.93. The molecule has 132 valence electrons. The van der Waals surface area contributed by atoms with Crippen LogP contribution in [0.4, 0.5) is 5.82 Å². The summed E-state index contributed by atoms with van der Waals surface area (Å²) in [5.74, 6) is 3.56. The Morgan fingerprint density at radius 1 is 1.24 bits per heavy atom. The maximum atomic E-state index is 4.62. The lowest BCUT2D eigenvalue weighted by Gasteiger charge is -2.27. The second-order valence-electron chi connectivity index (χ2n) is 6.71. The summed E-state index contributed by atoms with van der Waals surface area (Å²) in [7, 11) is 0. The number of hydrogen-bond acceptors (Lipinski definition) is 6. The molecule has 0 radical (unpaired) electrons. The van der Waals surface area contributed by atoms with Crippen LogP contribution in [0.5, 0.6) is 0 Å². The van der Waals surface area contributed by atoms with E-state index in [4.69, 9.17) is 0 Å². The number of hydrogen-bond donors (Lipinski definition) is 0. The van der Waals surface area contributed by atoms with E-state index in [9.17, 15) is 0 Å². The lowest BCUT2D eigenvalue weighted by atomic mass is 10.2. The van der Waals surface area contributed by atoms with Crippen molar-refractivity contribution in [2.45, 2.75) is 59.0 Å². The van der Waals surface area contributed by atoms with Crippen molar-refractivity contribution in [3.05, 3.63) is 29.7 Å². The molecule has 1 aliphatic heterocycles. The Morgan fingerprint density at radius 2 is 2.12 bits per heavy atom. The number of rotatable bonds is 5. The first-order valence-corrected chi connectivity index (χ1v) is 9.00.